The molecule has 8 heteroatoms. The summed E-state index contributed by atoms with van der Waals surface area (Å²) in [6.07, 6.45) is 0.807. The number of amides is 1. The lowest BCUT2D eigenvalue weighted by molar-refractivity contribution is -0.117. The summed E-state index contributed by atoms with van der Waals surface area (Å²) in [5, 5.41) is 7.48. The second-order valence-electron chi connectivity index (χ2n) is 7.28. The van der Waals surface area contributed by atoms with Gasteiger partial charge in [0.2, 0.25) is 11.8 Å². The number of hydrogen-bond acceptors (Lipinski definition) is 6. The number of para-hydroxylation sites is 1. The van der Waals surface area contributed by atoms with E-state index in [-0.39, 0.29) is 5.91 Å². The van der Waals surface area contributed by atoms with Crippen LogP contribution in [0, 0.1) is 5.92 Å². The Morgan fingerprint density at radius 1 is 1.22 bits per heavy atom. The average molecular weight is 392 g/mol. The summed E-state index contributed by atoms with van der Waals surface area (Å²) >= 11 is 6.08. The number of halogens is 1. The van der Waals surface area contributed by atoms with Crippen LogP contribution in [0.4, 0.5) is 5.69 Å². The van der Waals surface area contributed by atoms with Crippen molar-refractivity contribution >= 4 is 23.2 Å². The summed E-state index contributed by atoms with van der Waals surface area (Å²) in [7, 11) is 0. The highest BCUT2D eigenvalue weighted by atomic mass is 35.5. The quantitative estimate of drug-likeness (QED) is 0.782. The number of rotatable bonds is 7. The van der Waals surface area contributed by atoms with Gasteiger partial charge in [-0.2, -0.15) is 4.98 Å². The zero-order valence-corrected chi connectivity index (χ0v) is 16.6. The number of hydrogen-bond donors (Lipinski definition) is 1. The molecule has 1 saturated heterocycles. The van der Waals surface area contributed by atoms with Gasteiger partial charge in [-0.15, -0.1) is 0 Å². The number of benzene rings is 1. The van der Waals surface area contributed by atoms with E-state index in [1.165, 1.54) is 0 Å². The first-order valence-electron chi connectivity index (χ1n) is 9.30. The van der Waals surface area contributed by atoms with Crippen molar-refractivity contribution < 1.29 is 9.32 Å². The number of carbonyl (C=O) groups is 1. The molecule has 1 amide bonds. The van der Waals surface area contributed by atoms with E-state index in [1.54, 1.807) is 12.1 Å². The Bertz CT molecular complexity index is 756. The number of carbonyl (C=O) groups excluding carboxylic acids is 1. The van der Waals surface area contributed by atoms with Crippen molar-refractivity contribution in [2.24, 2.45) is 5.92 Å². The van der Waals surface area contributed by atoms with Gasteiger partial charge in [-0.05, 0) is 18.1 Å². The van der Waals surface area contributed by atoms with Crippen LogP contribution < -0.4 is 5.32 Å². The van der Waals surface area contributed by atoms with Crippen LogP contribution in [-0.2, 0) is 17.8 Å². The van der Waals surface area contributed by atoms with E-state index in [4.69, 9.17) is 16.1 Å². The molecule has 3 rings (SSSR count). The lowest BCUT2D eigenvalue weighted by Crippen LogP contribution is -2.48. The Labute approximate surface area is 164 Å². The van der Waals surface area contributed by atoms with Crippen molar-refractivity contribution in [3.05, 3.63) is 41.0 Å². The van der Waals surface area contributed by atoms with Gasteiger partial charge < -0.3 is 9.84 Å². The van der Waals surface area contributed by atoms with Gasteiger partial charge in [-0.1, -0.05) is 42.7 Å². The largest absolute Gasteiger partial charge is 0.339 e. The molecule has 1 aliphatic heterocycles. The molecule has 1 fully saturated rings. The fourth-order valence-electron chi connectivity index (χ4n) is 3.05. The van der Waals surface area contributed by atoms with Crippen molar-refractivity contribution in [1.29, 1.82) is 0 Å². The summed E-state index contributed by atoms with van der Waals surface area (Å²) in [4.78, 5) is 21.1. The normalized spacial score (nSPS) is 16.0. The van der Waals surface area contributed by atoms with E-state index < -0.39 is 0 Å². The van der Waals surface area contributed by atoms with Crippen LogP contribution in [0.3, 0.4) is 0 Å². The van der Waals surface area contributed by atoms with Gasteiger partial charge in [0, 0.05) is 32.6 Å². The molecule has 0 aliphatic carbocycles. The van der Waals surface area contributed by atoms with Crippen molar-refractivity contribution in [3.63, 3.8) is 0 Å². The minimum Gasteiger partial charge on any atom is -0.339 e. The fraction of sp³-hybridized carbons (Fsp3) is 0.526. The molecule has 0 bridgehead atoms. The van der Waals surface area contributed by atoms with Gasteiger partial charge in [0.25, 0.3) is 0 Å². The highest BCUT2D eigenvalue weighted by molar-refractivity contribution is 6.33. The summed E-state index contributed by atoms with van der Waals surface area (Å²) < 4.78 is 5.30. The molecule has 0 atom stereocenters. The maximum atomic E-state index is 12.2. The molecule has 2 heterocycles. The molecule has 27 heavy (non-hydrogen) atoms. The maximum absolute atomic E-state index is 12.2. The molecule has 2 aromatic rings. The van der Waals surface area contributed by atoms with Crippen LogP contribution in [-0.4, -0.2) is 58.6 Å². The van der Waals surface area contributed by atoms with E-state index in [0.717, 1.165) is 38.4 Å². The second-order valence-corrected chi connectivity index (χ2v) is 7.69. The maximum Gasteiger partial charge on any atom is 0.238 e. The Kier molecular flexibility index (Phi) is 6.82. The first kappa shape index (κ1) is 19.8. The molecule has 1 aliphatic rings. The summed E-state index contributed by atoms with van der Waals surface area (Å²) in [6, 6.07) is 7.26. The molecule has 1 aromatic heterocycles. The van der Waals surface area contributed by atoms with E-state index in [2.05, 4.69) is 39.1 Å². The number of nitrogens with one attached hydrogen (secondary N) is 1. The van der Waals surface area contributed by atoms with Gasteiger partial charge >= 0.3 is 0 Å². The van der Waals surface area contributed by atoms with E-state index in [9.17, 15) is 4.79 Å². The van der Waals surface area contributed by atoms with Crippen LogP contribution in [0.5, 0.6) is 0 Å². The van der Waals surface area contributed by atoms with Gasteiger partial charge in [-0.25, -0.2) is 0 Å². The van der Waals surface area contributed by atoms with Crippen LogP contribution in [0.1, 0.15) is 25.6 Å². The highest BCUT2D eigenvalue weighted by Crippen LogP contribution is 2.20. The van der Waals surface area contributed by atoms with Crippen molar-refractivity contribution in [2.75, 3.05) is 38.0 Å². The first-order chi connectivity index (χ1) is 13.0. The van der Waals surface area contributed by atoms with E-state index >= 15 is 0 Å². The smallest absolute Gasteiger partial charge is 0.238 e. The Balaban J connectivity index is 1.41. The van der Waals surface area contributed by atoms with Gasteiger partial charge in [-0.3, -0.25) is 14.6 Å². The number of nitrogens with zero attached hydrogens (tertiary/aromatic N) is 4. The minimum absolute atomic E-state index is 0.0481. The van der Waals surface area contributed by atoms with Crippen molar-refractivity contribution in [2.45, 2.75) is 26.8 Å². The molecule has 1 N–H and O–H groups in total. The lowest BCUT2D eigenvalue weighted by atomic mass is 10.1. The predicted molar refractivity (Wildman–Crippen MR) is 105 cm³/mol. The number of aromatic nitrogens is 2. The van der Waals surface area contributed by atoms with Crippen LogP contribution in [0.25, 0.3) is 0 Å². The average Bonchev–Trinajstić information content (AvgIpc) is 3.05. The zero-order chi connectivity index (χ0) is 19.2. The summed E-state index contributed by atoms with van der Waals surface area (Å²) in [5.41, 5.74) is 0.650. The SMILES string of the molecule is CC(C)Cc1nc(CN2CCN(CC(=O)Nc3ccccc3Cl)CC2)no1. The highest BCUT2D eigenvalue weighted by Gasteiger charge is 2.21. The molecular formula is C19H26ClN5O2. The van der Waals surface area contributed by atoms with Crippen molar-refractivity contribution in [1.82, 2.24) is 19.9 Å². The van der Waals surface area contributed by atoms with E-state index in [1.807, 2.05) is 12.1 Å². The molecule has 146 valence electrons. The number of anilines is 1. The molecule has 0 radical (unpaired) electrons. The summed E-state index contributed by atoms with van der Waals surface area (Å²) in [6.45, 7) is 8.69. The van der Waals surface area contributed by atoms with Gasteiger partial charge in [0.15, 0.2) is 5.82 Å². The predicted octanol–water partition coefficient (Wildman–Crippen LogP) is 2.68. The molecule has 0 saturated carbocycles. The fourth-order valence-corrected chi connectivity index (χ4v) is 3.23. The molecule has 0 spiro atoms. The molecule has 0 unspecified atom stereocenters. The minimum atomic E-state index is -0.0481. The Morgan fingerprint density at radius 2 is 1.93 bits per heavy atom. The number of piperazine rings is 1. The standard InChI is InChI=1S/C19H26ClN5O2/c1-14(2)11-19-22-17(23-27-19)12-24-7-9-25(10-8-24)13-18(26)21-16-6-4-3-5-15(16)20/h3-6,14H,7-13H2,1-2H3,(H,21,26). The lowest BCUT2D eigenvalue weighted by Gasteiger charge is -2.33. The zero-order valence-electron chi connectivity index (χ0n) is 15.8. The van der Waals surface area contributed by atoms with Crippen LogP contribution in [0.15, 0.2) is 28.8 Å². The summed E-state index contributed by atoms with van der Waals surface area (Å²) in [5.74, 6) is 1.89. The molecular weight excluding hydrogens is 366 g/mol. The first-order valence-corrected chi connectivity index (χ1v) is 9.68. The monoisotopic (exact) mass is 391 g/mol. The topological polar surface area (TPSA) is 74.5 Å². The third-order valence-electron chi connectivity index (χ3n) is 4.44. The second kappa shape index (κ2) is 9.30. The van der Waals surface area contributed by atoms with E-state index in [0.29, 0.717) is 35.6 Å². The van der Waals surface area contributed by atoms with Gasteiger partial charge in [0.1, 0.15) is 0 Å². The van der Waals surface area contributed by atoms with Crippen LogP contribution >= 0.6 is 11.6 Å². The molecule has 7 nitrogen and oxygen atoms in total. The molecule has 1 aromatic carbocycles. The Hall–Kier alpha value is -1.96. The van der Waals surface area contributed by atoms with Crippen molar-refractivity contribution in [3.8, 4) is 0 Å². The Morgan fingerprint density at radius 3 is 2.63 bits per heavy atom. The van der Waals surface area contributed by atoms with Gasteiger partial charge in [0.05, 0.1) is 23.8 Å². The van der Waals surface area contributed by atoms with Crippen LogP contribution in [0.2, 0.25) is 5.02 Å². The third-order valence-corrected chi connectivity index (χ3v) is 4.77. The third kappa shape index (κ3) is 6.02.